The SMILES string of the molecule is CNCc1ccc(C(S)=C(S)c2ccc(CNC)cc2)cc1. The largest absolute Gasteiger partial charge is 0.316 e. The number of benzene rings is 2. The van der Waals surface area contributed by atoms with Gasteiger partial charge in [0, 0.05) is 22.9 Å². The predicted molar refractivity (Wildman–Crippen MR) is 103 cm³/mol. The summed E-state index contributed by atoms with van der Waals surface area (Å²) in [5.41, 5.74) is 4.66. The van der Waals surface area contributed by atoms with E-state index in [2.05, 4.69) is 84.4 Å². The van der Waals surface area contributed by atoms with E-state index in [1.54, 1.807) is 0 Å². The van der Waals surface area contributed by atoms with Crippen LogP contribution in [0.1, 0.15) is 22.3 Å². The number of hydrogen-bond donors (Lipinski definition) is 4. The van der Waals surface area contributed by atoms with Crippen LogP contribution in [0.15, 0.2) is 48.5 Å². The average molecular weight is 331 g/mol. The summed E-state index contributed by atoms with van der Waals surface area (Å²) >= 11 is 9.31. The van der Waals surface area contributed by atoms with E-state index in [9.17, 15) is 0 Å². The lowest BCUT2D eigenvalue weighted by Crippen LogP contribution is -2.04. The highest BCUT2D eigenvalue weighted by Crippen LogP contribution is 2.32. The van der Waals surface area contributed by atoms with Crippen LogP contribution in [0.25, 0.3) is 9.81 Å². The summed E-state index contributed by atoms with van der Waals surface area (Å²) in [5.74, 6) is 0. The fourth-order valence-corrected chi connectivity index (χ4v) is 2.80. The quantitative estimate of drug-likeness (QED) is 0.478. The minimum absolute atomic E-state index is 0.868. The van der Waals surface area contributed by atoms with Crippen molar-refractivity contribution in [2.45, 2.75) is 13.1 Å². The maximum atomic E-state index is 4.65. The molecule has 0 atom stereocenters. The van der Waals surface area contributed by atoms with Crippen molar-refractivity contribution in [2.24, 2.45) is 0 Å². The summed E-state index contributed by atoms with van der Waals surface area (Å²) in [4.78, 5) is 1.78. The molecule has 0 aliphatic heterocycles. The fraction of sp³-hybridized carbons (Fsp3) is 0.222. The molecular formula is C18H22N2S2. The molecule has 2 aromatic carbocycles. The molecule has 2 aromatic rings. The van der Waals surface area contributed by atoms with Gasteiger partial charge in [-0.15, -0.1) is 25.3 Å². The minimum atomic E-state index is 0.868. The van der Waals surface area contributed by atoms with Gasteiger partial charge in [-0.1, -0.05) is 48.5 Å². The number of thiol groups is 2. The Morgan fingerprint density at radius 2 is 1.00 bits per heavy atom. The van der Waals surface area contributed by atoms with E-state index < -0.39 is 0 Å². The molecule has 0 bridgehead atoms. The molecular weight excluding hydrogens is 308 g/mol. The first kappa shape index (κ1) is 17.2. The third kappa shape index (κ3) is 4.40. The van der Waals surface area contributed by atoms with E-state index in [1.165, 1.54) is 11.1 Å². The van der Waals surface area contributed by atoms with Gasteiger partial charge in [0.2, 0.25) is 0 Å². The highest BCUT2D eigenvalue weighted by atomic mass is 32.1. The lowest BCUT2D eigenvalue weighted by Gasteiger charge is -2.09. The van der Waals surface area contributed by atoms with E-state index in [1.807, 2.05) is 14.1 Å². The summed E-state index contributed by atoms with van der Waals surface area (Å²) < 4.78 is 0. The maximum absolute atomic E-state index is 4.65. The summed E-state index contributed by atoms with van der Waals surface area (Å²) in [5, 5.41) is 6.29. The van der Waals surface area contributed by atoms with Crippen molar-refractivity contribution in [3.63, 3.8) is 0 Å². The smallest absolute Gasteiger partial charge is 0.0253 e. The molecule has 4 heteroatoms. The zero-order valence-electron chi connectivity index (χ0n) is 12.9. The summed E-state index contributed by atoms with van der Waals surface area (Å²) in [6, 6.07) is 16.8. The van der Waals surface area contributed by atoms with Crippen molar-refractivity contribution in [3.05, 3.63) is 70.8 Å². The molecule has 22 heavy (non-hydrogen) atoms. The third-order valence-corrected chi connectivity index (χ3v) is 4.58. The Bertz CT molecular complexity index is 574. The Morgan fingerprint density at radius 3 is 1.27 bits per heavy atom. The van der Waals surface area contributed by atoms with Crippen LogP contribution in [-0.2, 0) is 13.1 Å². The van der Waals surface area contributed by atoms with Crippen molar-refractivity contribution >= 4 is 35.1 Å². The second-order valence-corrected chi connectivity index (χ2v) is 6.05. The lowest BCUT2D eigenvalue weighted by molar-refractivity contribution is 0.818. The highest BCUT2D eigenvalue weighted by Gasteiger charge is 2.05. The first-order valence-corrected chi connectivity index (χ1v) is 8.15. The van der Waals surface area contributed by atoms with Gasteiger partial charge < -0.3 is 10.6 Å². The van der Waals surface area contributed by atoms with Crippen molar-refractivity contribution in [3.8, 4) is 0 Å². The van der Waals surface area contributed by atoms with E-state index in [-0.39, 0.29) is 0 Å². The zero-order valence-corrected chi connectivity index (χ0v) is 14.7. The number of hydrogen-bond acceptors (Lipinski definition) is 4. The van der Waals surface area contributed by atoms with Crippen LogP contribution in [-0.4, -0.2) is 14.1 Å². The molecule has 0 fully saturated rings. The topological polar surface area (TPSA) is 24.1 Å². The molecule has 2 N–H and O–H groups in total. The number of rotatable bonds is 6. The Hall–Kier alpha value is -1.20. The average Bonchev–Trinajstić information content (AvgIpc) is 2.55. The van der Waals surface area contributed by atoms with E-state index >= 15 is 0 Å². The number of nitrogens with one attached hydrogen (secondary N) is 2. The zero-order chi connectivity index (χ0) is 15.9. The van der Waals surface area contributed by atoms with Crippen molar-refractivity contribution in [2.75, 3.05) is 14.1 Å². The van der Waals surface area contributed by atoms with E-state index in [4.69, 9.17) is 0 Å². The van der Waals surface area contributed by atoms with E-state index in [0.29, 0.717) is 0 Å². The van der Waals surface area contributed by atoms with Gasteiger partial charge in [0.05, 0.1) is 0 Å². The van der Waals surface area contributed by atoms with Gasteiger partial charge >= 0.3 is 0 Å². The predicted octanol–water partition coefficient (Wildman–Crippen LogP) is 3.81. The molecule has 0 aromatic heterocycles. The molecule has 0 aliphatic carbocycles. The lowest BCUT2D eigenvalue weighted by atomic mass is 10.1. The van der Waals surface area contributed by atoms with Crippen LogP contribution in [0.4, 0.5) is 0 Å². The normalized spacial score (nSPS) is 12.2. The summed E-state index contributed by atoms with van der Waals surface area (Å²) in [7, 11) is 3.89. The summed E-state index contributed by atoms with van der Waals surface area (Å²) in [6.07, 6.45) is 0. The van der Waals surface area contributed by atoms with Crippen LogP contribution in [0.5, 0.6) is 0 Å². The van der Waals surface area contributed by atoms with Gasteiger partial charge in [-0.2, -0.15) is 0 Å². The Morgan fingerprint density at radius 1 is 0.682 bits per heavy atom. The Labute approximate surface area is 143 Å². The molecule has 0 aliphatic rings. The maximum Gasteiger partial charge on any atom is 0.0253 e. The molecule has 0 amide bonds. The molecule has 0 saturated heterocycles. The Balaban J connectivity index is 2.23. The van der Waals surface area contributed by atoms with Gasteiger partial charge in [-0.05, 0) is 36.3 Å². The first-order valence-electron chi connectivity index (χ1n) is 7.25. The van der Waals surface area contributed by atoms with Gasteiger partial charge in [0.1, 0.15) is 0 Å². The second kappa shape index (κ2) is 8.44. The van der Waals surface area contributed by atoms with Crippen LogP contribution < -0.4 is 10.6 Å². The highest BCUT2D eigenvalue weighted by molar-refractivity contribution is 7.96. The molecule has 2 nitrogen and oxygen atoms in total. The van der Waals surface area contributed by atoms with Gasteiger partial charge in [0.25, 0.3) is 0 Å². The first-order chi connectivity index (χ1) is 10.7. The van der Waals surface area contributed by atoms with Crippen molar-refractivity contribution in [1.29, 1.82) is 0 Å². The standard InChI is InChI=1S/C18H22N2S2/c1-19-11-13-3-7-15(8-4-13)17(21)18(22)16-9-5-14(6-10-16)12-20-2/h3-10,19-22H,11-12H2,1-2H3. The van der Waals surface area contributed by atoms with Crippen molar-refractivity contribution in [1.82, 2.24) is 10.6 Å². The molecule has 0 saturated carbocycles. The van der Waals surface area contributed by atoms with Gasteiger partial charge in [-0.25, -0.2) is 0 Å². The molecule has 0 radical (unpaired) electrons. The van der Waals surface area contributed by atoms with Crippen LogP contribution in [0.3, 0.4) is 0 Å². The molecule has 0 heterocycles. The molecule has 116 valence electrons. The fourth-order valence-electron chi connectivity index (χ4n) is 2.24. The second-order valence-electron chi connectivity index (χ2n) is 5.15. The molecule has 2 rings (SSSR count). The van der Waals surface area contributed by atoms with E-state index in [0.717, 1.165) is 34.0 Å². The minimum Gasteiger partial charge on any atom is -0.316 e. The van der Waals surface area contributed by atoms with Gasteiger partial charge in [0.15, 0.2) is 0 Å². The molecule has 0 unspecified atom stereocenters. The van der Waals surface area contributed by atoms with Crippen molar-refractivity contribution < 1.29 is 0 Å². The monoisotopic (exact) mass is 330 g/mol. The Kier molecular flexibility index (Phi) is 6.58. The van der Waals surface area contributed by atoms with Crippen LogP contribution in [0.2, 0.25) is 0 Å². The summed E-state index contributed by atoms with van der Waals surface area (Å²) in [6.45, 7) is 1.74. The molecule has 0 spiro atoms. The van der Waals surface area contributed by atoms with Crippen LogP contribution in [0, 0.1) is 0 Å². The third-order valence-electron chi connectivity index (χ3n) is 3.44. The van der Waals surface area contributed by atoms with Crippen LogP contribution >= 0.6 is 25.3 Å². The van der Waals surface area contributed by atoms with Gasteiger partial charge in [-0.3, -0.25) is 0 Å².